The quantitative estimate of drug-likeness (QED) is 0.437. The minimum atomic E-state index is 0.695. The molecule has 1 saturated heterocycles. The second-order valence-electron chi connectivity index (χ2n) is 9.34. The maximum atomic E-state index is 6.02. The van der Waals surface area contributed by atoms with E-state index in [1.807, 2.05) is 0 Å². The van der Waals surface area contributed by atoms with Gasteiger partial charge in [0.1, 0.15) is 0 Å². The van der Waals surface area contributed by atoms with Gasteiger partial charge in [-0.05, 0) is 76.2 Å². The molecular weight excluding hydrogens is 294 g/mol. The van der Waals surface area contributed by atoms with E-state index in [9.17, 15) is 0 Å². The summed E-state index contributed by atoms with van der Waals surface area (Å²) in [6, 6.07) is 1.46. The summed E-state index contributed by atoms with van der Waals surface area (Å²) < 4.78 is 6.02. The maximum absolute atomic E-state index is 6.02. The first kappa shape index (κ1) is 22.0. The van der Waals surface area contributed by atoms with Crippen LogP contribution in [0.1, 0.15) is 81.1 Å². The zero-order valence-electron chi connectivity index (χ0n) is 17.8. The van der Waals surface area contributed by atoms with E-state index in [0.717, 1.165) is 37.0 Å². The summed E-state index contributed by atoms with van der Waals surface area (Å²) in [5.74, 6) is 3.82. The zero-order valence-corrected chi connectivity index (χ0v) is 17.8. The Morgan fingerprint density at radius 3 is 2.17 bits per heavy atom. The Kier molecular flexibility index (Phi) is 9.89. The average Bonchev–Trinajstić information content (AvgIpc) is 2.85. The molecule has 0 bridgehead atoms. The summed E-state index contributed by atoms with van der Waals surface area (Å²) in [4.78, 5) is 2.68. The molecule has 24 heavy (non-hydrogen) atoms. The molecular formula is C22H45NO. The SMILES string of the molecule is CC(C)CCOC[C@@H](C(C)C)[C@@H](C)CCC1CCN(C(C)C)[C@H]1C. The Labute approximate surface area is 152 Å². The lowest BCUT2D eigenvalue weighted by Crippen LogP contribution is -2.36. The van der Waals surface area contributed by atoms with E-state index in [1.165, 1.54) is 32.2 Å². The van der Waals surface area contributed by atoms with E-state index in [2.05, 4.69) is 60.3 Å². The summed E-state index contributed by atoms with van der Waals surface area (Å²) >= 11 is 0. The van der Waals surface area contributed by atoms with Gasteiger partial charge in [-0.2, -0.15) is 0 Å². The van der Waals surface area contributed by atoms with Crippen LogP contribution in [0.3, 0.4) is 0 Å². The van der Waals surface area contributed by atoms with Crippen molar-refractivity contribution in [3.63, 3.8) is 0 Å². The summed E-state index contributed by atoms with van der Waals surface area (Å²) in [6.07, 6.45) is 5.32. The van der Waals surface area contributed by atoms with Crippen LogP contribution < -0.4 is 0 Å². The maximum Gasteiger partial charge on any atom is 0.0499 e. The predicted molar refractivity (Wildman–Crippen MR) is 106 cm³/mol. The molecule has 144 valence electrons. The van der Waals surface area contributed by atoms with E-state index in [0.29, 0.717) is 17.9 Å². The van der Waals surface area contributed by atoms with Crippen molar-refractivity contribution in [1.82, 2.24) is 4.90 Å². The molecule has 4 atom stereocenters. The monoisotopic (exact) mass is 339 g/mol. The first-order chi connectivity index (χ1) is 11.2. The topological polar surface area (TPSA) is 12.5 Å². The standard InChI is InChI=1S/C22H45NO/c1-16(2)12-14-24-15-22(17(3)4)19(7)9-10-21-11-13-23(18(5)6)20(21)8/h16-22H,9-15H2,1-8H3/t19-,20-,21?,22-/m0/s1. The predicted octanol–water partition coefficient (Wildman–Crippen LogP) is 5.86. The number of nitrogens with zero attached hydrogens (tertiary/aromatic N) is 1. The van der Waals surface area contributed by atoms with Gasteiger partial charge in [0, 0.05) is 25.3 Å². The Morgan fingerprint density at radius 2 is 1.67 bits per heavy atom. The van der Waals surface area contributed by atoms with Crippen LogP contribution in [0.15, 0.2) is 0 Å². The normalized spacial score (nSPS) is 25.1. The molecule has 1 unspecified atom stereocenters. The van der Waals surface area contributed by atoms with Gasteiger partial charge >= 0.3 is 0 Å². The highest BCUT2D eigenvalue weighted by molar-refractivity contribution is 4.86. The van der Waals surface area contributed by atoms with E-state index in [1.54, 1.807) is 0 Å². The van der Waals surface area contributed by atoms with Gasteiger partial charge in [-0.25, -0.2) is 0 Å². The molecule has 2 nitrogen and oxygen atoms in total. The molecule has 1 fully saturated rings. The molecule has 0 amide bonds. The third-order valence-corrected chi connectivity index (χ3v) is 6.36. The fraction of sp³-hybridized carbons (Fsp3) is 1.00. The second-order valence-corrected chi connectivity index (χ2v) is 9.34. The molecule has 1 rings (SSSR count). The van der Waals surface area contributed by atoms with Crippen molar-refractivity contribution in [3.8, 4) is 0 Å². The van der Waals surface area contributed by atoms with Gasteiger partial charge in [0.25, 0.3) is 0 Å². The molecule has 0 spiro atoms. The van der Waals surface area contributed by atoms with Gasteiger partial charge in [0.2, 0.25) is 0 Å². The molecule has 2 heteroatoms. The largest absolute Gasteiger partial charge is 0.381 e. The number of ether oxygens (including phenoxy) is 1. The fourth-order valence-electron chi connectivity index (χ4n) is 4.39. The third kappa shape index (κ3) is 7.04. The highest BCUT2D eigenvalue weighted by Gasteiger charge is 2.32. The highest BCUT2D eigenvalue weighted by Crippen LogP contribution is 2.33. The smallest absolute Gasteiger partial charge is 0.0499 e. The van der Waals surface area contributed by atoms with E-state index in [4.69, 9.17) is 4.74 Å². The van der Waals surface area contributed by atoms with Gasteiger partial charge in [-0.3, -0.25) is 4.90 Å². The van der Waals surface area contributed by atoms with Crippen LogP contribution >= 0.6 is 0 Å². The van der Waals surface area contributed by atoms with Crippen LogP contribution in [0, 0.1) is 29.6 Å². The summed E-state index contributed by atoms with van der Waals surface area (Å²) in [6.45, 7) is 22.0. The van der Waals surface area contributed by atoms with Crippen LogP contribution in [0.2, 0.25) is 0 Å². The first-order valence-electron chi connectivity index (χ1n) is 10.6. The molecule has 1 heterocycles. The number of rotatable bonds is 11. The number of hydrogen-bond donors (Lipinski definition) is 0. The molecule has 0 aliphatic carbocycles. The number of hydrogen-bond acceptors (Lipinski definition) is 2. The zero-order chi connectivity index (χ0) is 18.3. The van der Waals surface area contributed by atoms with Crippen molar-refractivity contribution in [1.29, 1.82) is 0 Å². The minimum absolute atomic E-state index is 0.695. The Balaban J connectivity index is 2.38. The van der Waals surface area contributed by atoms with Gasteiger partial charge in [0.05, 0.1) is 0 Å². The van der Waals surface area contributed by atoms with Gasteiger partial charge in [-0.1, -0.05) is 41.0 Å². The Bertz CT molecular complexity index is 326. The third-order valence-electron chi connectivity index (χ3n) is 6.36. The van der Waals surface area contributed by atoms with E-state index in [-0.39, 0.29) is 0 Å². The van der Waals surface area contributed by atoms with Crippen molar-refractivity contribution in [2.75, 3.05) is 19.8 Å². The molecule has 0 aromatic heterocycles. The lowest BCUT2D eigenvalue weighted by Gasteiger charge is -2.31. The molecule has 0 N–H and O–H groups in total. The minimum Gasteiger partial charge on any atom is -0.381 e. The van der Waals surface area contributed by atoms with E-state index < -0.39 is 0 Å². The van der Waals surface area contributed by atoms with Gasteiger partial charge in [0.15, 0.2) is 0 Å². The van der Waals surface area contributed by atoms with Crippen molar-refractivity contribution in [3.05, 3.63) is 0 Å². The van der Waals surface area contributed by atoms with Gasteiger partial charge in [-0.15, -0.1) is 0 Å². The van der Waals surface area contributed by atoms with Crippen molar-refractivity contribution < 1.29 is 4.74 Å². The molecule has 0 radical (unpaired) electrons. The Hall–Kier alpha value is -0.0800. The van der Waals surface area contributed by atoms with Crippen LogP contribution in [0.4, 0.5) is 0 Å². The fourth-order valence-corrected chi connectivity index (χ4v) is 4.39. The van der Waals surface area contributed by atoms with Crippen LogP contribution in [-0.2, 0) is 4.74 Å². The van der Waals surface area contributed by atoms with Crippen LogP contribution in [-0.4, -0.2) is 36.7 Å². The molecule has 0 aromatic carbocycles. The first-order valence-corrected chi connectivity index (χ1v) is 10.6. The van der Waals surface area contributed by atoms with Crippen molar-refractivity contribution in [2.24, 2.45) is 29.6 Å². The average molecular weight is 340 g/mol. The van der Waals surface area contributed by atoms with Crippen molar-refractivity contribution >= 4 is 0 Å². The molecule has 0 saturated carbocycles. The van der Waals surface area contributed by atoms with Gasteiger partial charge < -0.3 is 4.74 Å². The number of likely N-dealkylation sites (tertiary alicyclic amines) is 1. The van der Waals surface area contributed by atoms with Crippen LogP contribution in [0.5, 0.6) is 0 Å². The summed E-state index contributed by atoms with van der Waals surface area (Å²) in [5, 5.41) is 0. The van der Waals surface area contributed by atoms with Crippen LogP contribution in [0.25, 0.3) is 0 Å². The molecule has 1 aliphatic rings. The Morgan fingerprint density at radius 1 is 1.00 bits per heavy atom. The van der Waals surface area contributed by atoms with E-state index >= 15 is 0 Å². The second kappa shape index (κ2) is 10.8. The highest BCUT2D eigenvalue weighted by atomic mass is 16.5. The van der Waals surface area contributed by atoms with Crippen molar-refractivity contribution in [2.45, 2.75) is 93.2 Å². The lowest BCUT2D eigenvalue weighted by atomic mass is 9.80. The summed E-state index contributed by atoms with van der Waals surface area (Å²) in [5.41, 5.74) is 0. The summed E-state index contributed by atoms with van der Waals surface area (Å²) in [7, 11) is 0. The molecule has 1 aliphatic heterocycles. The lowest BCUT2D eigenvalue weighted by molar-refractivity contribution is 0.0505. The molecule has 0 aromatic rings.